The first-order valence-corrected chi connectivity index (χ1v) is 8.56. The lowest BCUT2D eigenvalue weighted by molar-refractivity contribution is -0.135. The van der Waals surface area contributed by atoms with Gasteiger partial charge in [-0.3, -0.25) is 24.0 Å². The van der Waals surface area contributed by atoms with Gasteiger partial charge in [-0.1, -0.05) is 33.8 Å². The summed E-state index contributed by atoms with van der Waals surface area (Å²) < 4.78 is 17.3. The number of imidazole rings is 1. The van der Waals surface area contributed by atoms with E-state index in [4.69, 9.17) is 0 Å². The average Bonchev–Trinajstić information content (AvgIpc) is 2.82. The van der Waals surface area contributed by atoms with Crippen molar-refractivity contribution in [3.05, 3.63) is 34.0 Å². The fourth-order valence-electron chi connectivity index (χ4n) is 3.12. The van der Waals surface area contributed by atoms with Gasteiger partial charge < -0.3 is 0 Å². The van der Waals surface area contributed by atoms with E-state index in [0.29, 0.717) is 11.1 Å². The molecule has 0 bridgehead atoms. The smallest absolute Gasteiger partial charge is 0.295 e. The second-order valence-electron chi connectivity index (χ2n) is 6.17. The van der Waals surface area contributed by atoms with Crippen LogP contribution in [0.1, 0.15) is 58.1 Å². The van der Waals surface area contributed by atoms with Crippen molar-refractivity contribution in [3.63, 3.8) is 0 Å². The highest BCUT2D eigenvalue weighted by molar-refractivity contribution is 6.00. The predicted octanol–water partition coefficient (Wildman–Crippen LogP) is 2.61. The lowest BCUT2D eigenvalue weighted by Crippen LogP contribution is -2.44. The van der Waals surface area contributed by atoms with Crippen LogP contribution < -0.4 is 11.0 Å². The molecule has 7 heteroatoms. The van der Waals surface area contributed by atoms with Crippen LogP contribution in [0.25, 0.3) is 11.0 Å². The minimum absolute atomic E-state index is 0.0200. The lowest BCUT2D eigenvalue weighted by atomic mass is 10.0. The third-order valence-electron chi connectivity index (χ3n) is 4.36. The molecule has 1 atom stereocenters. The summed E-state index contributed by atoms with van der Waals surface area (Å²) in [5, 5.41) is 2.23. The number of imide groups is 1. The normalized spacial score (nSPS) is 17.5. The molecule has 1 aliphatic rings. The van der Waals surface area contributed by atoms with Gasteiger partial charge in [-0.05, 0) is 24.0 Å². The number of carbonyl (C=O) groups excluding carboxylic acids is 2. The molecule has 3 rings (SSSR count). The van der Waals surface area contributed by atoms with E-state index in [0.717, 1.165) is 0 Å². The van der Waals surface area contributed by atoms with Crippen LogP contribution in [0.3, 0.4) is 0 Å². The van der Waals surface area contributed by atoms with Gasteiger partial charge >= 0.3 is 5.69 Å². The number of benzene rings is 1. The minimum Gasteiger partial charge on any atom is -0.295 e. The fraction of sp³-hybridized carbons (Fsp3) is 0.500. The Hall–Kier alpha value is -2.44. The van der Waals surface area contributed by atoms with Gasteiger partial charge in [0.15, 0.2) is 5.82 Å². The first-order valence-electron chi connectivity index (χ1n) is 8.56. The maximum Gasteiger partial charge on any atom is 0.329 e. The summed E-state index contributed by atoms with van der Waals surface area (Å²) in [6, 6.07) is 2.51. The van der Waals surface area contributed by atoms with Crippen LogP contribution in [0.4, 0.5) is 4.39 Å². The number of nitrogens with zero attached hydrogens (tertiary/aromatic N) is 2. The Morgan fingerprint density at radius 3 is 2.40 bits per heavy atom. The maximum atomic E-state index is 14.8. The van der Waals surface area contributed by atoms with Crippen molar-refractivity contribution in [1.29, 1.82) is 0 Å². The number of aromatic nitrogens is 2. The first-order chi connectivity index (χ1) is 11.8. The molecule has 25 heavy (non-hydrogen) atoms. The number of piperidine rings is 1. The zero-order valence-electron chi connectivity index (χ0n) is 15.2. The molecule has 1 aromatic carbocycles. The third kappa shape index (κ3) is 3.10. The number of fused-ring (bicyclic) bond motifs is 1. The van der Waals surface area contributed by atoms with Crippen molar-refractivity contribution in [1.82, 2.24) is 14.5 Å². The number of aryl methyl sites for hydroxylation is 1. The van der Waals surface area contributed by atoms with Crippen molar-refractivity contribution in [2.24, 2.45) is 7.05 Å². The van der Waals surface area contributed by atoms with Crippen molar-refractivity contribution >= 4 is 22.8 Å². The SMILES string of the molecule is CC.CC(C)c1ccc2c(c1F)n(C)c(=O)n2C1CCC(=O)NC1=O. The largest absolute Gasteiger partial charge is 0.329 e. The van der Waals surface area contributed by atoms with Gasteiger partial charge in [-0.15, -0.1) is 0 Å². The molecule has 2 heterocycles. The molecular weight excluding hydrogens is 325 g/mol. The average molecular weight is 349 g/mol. The molecule has 0 aliphatic carbocycles. The van der Waals surface area contributed by atoms with E-state index < -0.39 is 23.5 Å². The first kappa shape index (κ1) is 18.9. The summed E-state index contributed by atoms with van der Waals surface area (Å²) in [4.78, 5) is 35.9. The molecule has 6 nitrogen and oxygen atoms in total. The van der Waals surface area contributed by atoms with Crippen LogP contribution in [0.2, 0.25) is 0 Å². The van der Waals surface area contributed by atoms with Crippen molar-refractivity contribution in [2.45, 2.75) is 52.5 Å². The molecule has 0 spiro atoms. The number of amides is 2. The highest BCUT2D eigenvalue weighted by Crippen LogP contribution is 2.28. The number of carbonyl (C=O) groups is 2. The number of hydrogen-bond donors (Lipinski definition) is 1. The zero-order chi connectivity index (χ0) is 18.9. The maximum absolute atomic E-state index is 14.8. The molecule has 2 aromatic rings. The van der Waals surface area contributed by atoms with Crippen molar-refractivity contribution in [3.8, 4) is 0 Å². The van der Waals surface area contributed by atoms with Gasteiger partial charge in [-0.25, -0.2) is 9.18 Å². The Bertz CT molecular complexity index is 880. The van der Waals surface area contributed by atoms with Gasteiger partial charge in [0, 0.05) is 13.5 Å². The Labute approximate surface area is 145 Å². The van der Waals surface area contributed by atoms with Crippen molar-refractivity contribution in [2.75, 3.05) is 0 Å². The van der Waals surface area contributed by atoms with Crippen LogP contribution in [0.5, 0.6) is 0 Å². The van der Waals surface area contributed by atoms with Crippen LogP contribution in [0, 0.1) is 5.82 Å². The van der Waals surface area contributed by atoms with Crippen LogP contribution in [0.15, 0.2) is 16.9 Å². The molecule has 1 unspecified atom stereocenters. The number of nitrogens with one attached hydrogen (secondary N) is 1. The fourth-order valence-corrected chi connectivity index (χ4v) is 3.12. The summed E-state index contributed by atoms with van der Waals surface area (Å²) in [5.41, 5.74) is 0.614. The standard InChI is InChI=1S/C16H18FN3O3.C2H6/c1-8(2)9-4-5-10-14(13(9)17)19(3)16(23)20(10)11-6-7-12(21)18-15(11)22;1-2/h4-5,8,11H,6-7H2,1-3H3,(H,18,21,22);1-2H3. The lowest BCUT2D eigenvalue weighted by Gasteiger charge is -2.22. The second-order valence-corrected chi connectivity index (χ2v) is 6.17. The van der Waals surface area contributed by atoms with Crippen LogP contribution in [-0.2, 0) is 16.6 Å². The van der Waals surface area contributed by atoms with Crippen molar-refractivity contribution < 1.29 is 14.0 Å². The minimum atomic E-state index is -0.798. The predicted molar refractivity (Wildman–Crippen MR) is 94.0 cm³/mol. The van der Waals surface area contributed by atoms with Gasteiger partial charge in [0.05, 0.1) is 5.52 Å². The van der Waals surface area contributed by atoms with E-state index >= 15 is 0 Å². The summed E-state index contributed by atoms with van der Waals surface area (Å²) in [6.07, 6.45) is 0.392. The van der Waals surface area contributed by atoms with E-state index in [1.165, 1.54) is 16.2 Å². The Morgan fingerprint density at radius 1 is 1.20 bits per heavy atom. The molecule has 2 amide bonds. The number of rotatable bonds is 2. The molecule has 136 valence electrons. The molecule has 1 fully saturated rings. The van der Waals surface area contributed by atoms with Gasteiger partial charge in [0.1, 0.15) is 11.6 Å². The molecule has 0 radical (unpaired) electrons. The molecule has 1 saturated heterocycles. The highest BCUT2D eigenvalue weighted by Gasteiger charge is 2.32. The van der Waals surface area contributed by atoms with Crippen LogP contribution >= 0.6 is 0 Å². The summed E-state index contributed by atoms with van der Waals surface area (Å²) in [7, 11) is 1.49. The Morgan fingerprint density at radius 2 is 1.84 bits per heavy atom. The van der Waals surface area contributed by atoms with E-state index in [9.17, 15) is 18.8 Å². The molecule has 1 N–H and O–H groups in total. The number of halogens is 1. The monoisotopic (exact) mass is 349 g/mol. The Balaban J connectivity index is 0.00000109. The zero-order valence-corrected chi connectivity index (χ0v) is 15.2. The third-order valence-corrected chi connectivity index (χ3v) is 4.36. The summed E-state index contributed by atoms with van der Waals surface area (Å²) in [5.74, 6) is -1.34. The van der Waals surface area contributed by atoms with Crippen LogP contribution in [-0.4, -0.2) is 20.9 Å². The Kier molecular flexibility index (Phi) is 5.45. The van der Waals surface area contributed by atoms with E-state index in [-0.39, 0.29) is 30.2 Å². The van der Waals surface area contributed by atoms with Gasteiger partial charge in [0.2, 0.25) is 11.8 Å². The number of hydrogen-bond acceptors (Lipinski definition) is 3. The quantitative estimate of drug-likeness (QED) is 0.847. The molecule has 1 aromatic heterocycles. The molecular formula is C18H24FN3O3. The van der Waals surface area contributed by atoms with E-state index in [2.05, 4.69) is 5.32 Å². The van der Waals surface area contributed by atoms with Gasteiger partial charge in [-0.2, -0.15) is 0 Å². The van der Waals surface area contributed by atoms with E-state index in [1.807, 2.05) is 27.7 Å². The summed E-state index contributed by atoms with van der Waals surface area (Å²) >= 11 is 0. The molecule has 0 saturated carbocycles. The topological polar surface area (TPSA) is 73.1 Å². The summed E-state index contributed by atoms with van der Waals surface area (Å²) in [6.45, 7) is 7.75. The molecule has 1 aliphatic heterocycles. The van der Waals surface area contributed by atoms with E-state index in [1.54, 1.807) is 12.1 Å². The highest BCUT2D eigenvalue weighted by atomic mass is 19.1. The van der Waals surface area contributed by atoms with Gasteiger partial charge in [0.25, 0.3) is 0 Å². The second kappa shape index (κ2) is 7.21.